The van der Waals surface area contributed by atoms with Gasteiger partial charge in [-0.3, -0.25) is 4.79 Å². The maximum Gasteiger partial charge on any atom is 0.320 e. The summed E-state index contributed by atoms with van der Waals surface area (Å²) in [4.78, 5) is 12.2. The Balaban J connectivity index is 2.38. The summed E-state index contributed by atoms with van der Waals surface area (Å²) in [7, 11) is 0. The summed E-state index contributed by atoms with van der Waals surface area (Å²) in [6.07, 6.45) is 7.60. The van der Waals surface area contributed by atoms with Crippen molar-refractivity contribution in [3.8, 4) is 0 Å². The molecule has 19 heavy (non-hydrogen) atoms. The van der Waals surface area contributed by atoms with E-state index in [2.05, 4.69) is 13.0 Å². The Morgan fingerprint density at radius 3 is 2.58 bits per heavy atom. The van der Waals surface area contributed by atoms with Crippen molar-refractivity contribution in [1.29, 1.82) is 0 Å². The molecule has 0 unspecified atom stereocenters. The highest BCUT2D eigenvalue weighted by atomic mass is 16.6. The highest BCUT2D eigenvalue weighted by Crippen LogP contribution is 2.29. The van der Waals surface area contributed by atoms with Crippen LogP contribution in [-0.4, -0.2) is 18.2 Å². The first-order valence-electron chi connectivity index (χ1n) is 6.97. The molecule has 0 N–H and O–H groups in total. The van der Waals surface area contributed by atoms with Gasteiger partial charge in [-0.25, -0.2) is 0 Å². The molecule has 2 aliphatic rings. The Morgan fingerprint density at radius 1 is 1.21 bits per heavy atom. The number of esters is 1. The van der Waals surface area contributed by atoms with Crippen molar-refractivity contribution in [2.24, 2.45) is 5.92 Å². The molecular weight excluding hydrogens is 240 g/mol. The number of hydrogen-bond donors (Lipinski definition) is 0. The Morgan fingerprint density at radius 2 is 1.89 bits per heavy atom. The number of fused-ring (bicyclic) bond motifs is 1. The average molecular weight is 262 g/mol. The predicted octanol–water partition coefficient (Wildman–Crippen LogP) is 3.52. The molecule has 3 nitrogen and oxygen atoms in total. The first-order valence-corrected chi connectivity index (χ1v) is 6.97. The summed E-state index contributed by atoms with van der Waals surface area (Å²) in [5, 5.41) is 0. The normalized spacial score (nSPS) is 31.5. The summed E-state index contributed by atoms with van der Waals surface area (Å²) in [5.41, 5.74) is 2.26. The van der Waals surface area contributed by atoms with Gasteiger partial charge in [0, 0.05) is 6.42 Å². The van der Waals surface area contributed by atoms with E-state index in [0.29, 0.717) is 5.76 Å². The van der Waals surface area contributed by atoms with Crippen LogP contribution < -0.4 is 0 Å². The third kappa shape index (κ3) is 3.28. The van der Waals surface area contributed by atoms with E-state index in [1.165, 1.54) is 0 Å². The molecule has 0 aromatic heterocycles. The summed E-state index contributed by atoms with van der Waals surface area (Å²) in [6.45, 7) is 8.04. The van der Waals surface area contributed by atoms with Crippen LogP contribution in [0.25, 0.3) is 0 Å². The zero-order valence-corrected chi connectivity index (χ0v) is 12.1. The molecule has 1 fully saturated rings. The molecule has 104 valence electrons. The van der Waals surface area contributed by atoms with E-state index >= 15 is 0 Å². The van der Waals surface area contributed by atoms with Crippen LogP contribution in [0.2, 0.25) is 0 Å². The smallest absolute Gasteiger partial charge is 0.320 e. The van der Waals surface area contributed by atoms with Gasteiger partial charge in [-0.15, -0.1) is 0 Å². The fraction of sp³-hybridized carbons (Fsp3) is 0.562. The lowest BCUT2D eigenvalue weighted by molar-refractivity contribution is -0.155. The molecule has 0 aromatic rings. The number of ether oxygens (including phenoxy) is 2. The van der Waals surface area contributed by atoms with Gasteiger partial charge < -0.3 is 9.47 Å². The van der Waals surface area contributed by atoms with Crippen molar-refractivity contribution >= 4 is 5.97 Å². The second-order valence-corrected chi connectivity index (χ2v) is 5.42. The van der Waals surface area contributed by atoms with Crippen LogP contribution in [-0.2, 0) is 14.3 Å². The van der Waals surface area contributed by atoms with Crippen molar-refractivity contribution in [3.05, 3.63) is 35.1 Å². The molecule has 0 radical (unpaired) electrons. The molecule has 1 aliphatic heterocycles. The van der Waals surface area contributed by atoms with Crippen molar-refractivity contribution in [2.45, 2.75) is 52.7 Å². The molecule has 3 atom stereocenters. The largest absolute Gasteiger partial charge is 0.494 e. The third-order valence-corrected chi connectivity index (χ3v) is 3.45. The van der Waals surface area contributed by atoms with E-state index in [1.807, 2.05) is 32.9 Å². The molecule has 2 rings (SSSR count). The van der Waals surface area contributed by atoms with Crippen molar-refractivity contribution < 1.29 is 14.3 Å². The van der Waals surface area contributed by atoms with Gasteiger partial charge in [0.1, 0.15) is 17.8 Å². The van der Waals surface area contributed by atoms with Crippen molar-refractivity contribution in [3.63, 3.8) is 0 Å². The molecular formula is C16H22O3. The molecule has 0 saturated carbocycles. The van der Waals surface area contributed by atoms with Gasteiger partial charge in [-0.1, -0.05) is 24.6 Å². The fourth-order valence-corrected chi connectivity index (χ4v) is 2.57. The van der Waals surface area contributed by atoms with Gasteiger partial charge in [0.2, 0.25) is 0 Å². The van der Waals surface area contributed by atoms with Crippen LogP contribution in [0.15, 0.2) is 35.1 Å². The lowest BCUT2D eigenvalue weighted by Gasteiger charge is -2.28. The molecule has 1 heterocycles. The summed E-state index contributed by atoms with van der Waals surface area (Å²) < 4.78 is 11.4. The second kappa shape index (κ2) is 5.64. The van der Waals surface area contributed by atoms with E-state index in [4.69, 9.17) is 9.47 Å². The maximum absolute atomic E-state index is 12.2. The van der Waals surface area contributed by atoms with Crippen LogP contribution >= 0.6 is 0 Å². The summed E-state index contributed by atoms with van der Waals surface area (Å²) in [6, 6.07) is 0. The summed E-state index contributed by atoms with van der Waals surface area (Å²) >= 11 is 0. The van der Waals surface area contributed by atoms with E-state index in [0.717, 1.165) is 24.0 Å². The Labute approximate surface area is 115 Å². The quantitative estimate of drug-likeness (QED) is 0.678. The second-order valence-electron chi connectivity index (χ2n) is 5.42. The van der Waals surface area contributed by atoms with Crippen molar-refractivity contribution in [2.75, 3.05) is 0 Å². The maximum atomic E-state index is 12.2. The monoisotopic (exact) mass is 262 g/mol. The Bertz CT molecular complexity index is 457. The van der Waals surface area contributed by atoms with Gasteiger partial charge in [0.25, 0.3) is 0 Å². The number of rotatable bonds is 1. The van der Waals surface area contributed by atoms with E-state index < -0.39 is 5.92 Å². The minimum atomic E-state index is -0.408. The lowest BCUT2D eigenvalue weighted by atomic mass is 10.0. The van der Waals surface area contributed by atoms with Crippen LogP contribution in [0.1, 0.15) is 40.5 Å². The third-order valence-electron chi connectivity index (χ3n) is 3.45. The topological polar surface area (TPSA) is 35.5 Å². The molecule has 0 spiro atoms. The van der Waals surface area contributed by atoms with Crippen LogP contribution in [0.5, 0.6) is 0 Å². The molecule has 3 heteroatoms. The number of carbonyl (C=O) groups excluding carboxylic acids is 1. The fourth-order valence-electron chi connectivity index (χ4n) is 2.57. The van der Waals surface area contributed by atoms with Gasteiger partial charge in [-0.05, 0) is 38.8 Å². The lowest BCUT2D eigenvalue weighted by Crippen LogP contribution is -2.31. The first-order chi connectivity index (χ1) is 8.99. The summed E-state index contributed by atoms with van der Waals surface area (Å²) in [5.74, 6) is 0.0927. The molecule has 0 aromatic carbocycles. The number of hydrogen-bond acceptors (Lipinski definition) is 3. The molecule has 0 amide bonds. The van der Waals surface area contributed by atoms with Crippen molar-refractivity contribution in [1.82, 2.24) is 0 Å². The number of allylic oxidation sites excluding steroid dienone is 4. The highest BCUT2D eigenvalue weighted by Gasteiger charge is 2.31. The molecule has 0 bridgehead atoms. The Hall–Kier alpha value is -1.51. The zero-order valence-electron chi connectivity index (χ0n) is 12.1. The van der Waals surface area contributed by atoms with Gasteiger partial charge in [0.05, 0.1) is 6.10 Å². The minimum Gasteiger partial charge on any atom is -0.494 e. The first kappa shape index (κ1) is 13.9. The number of cyclic esters (lactones) is 1. The van der Waals surface area contributed by atoms with Gasteiger partial charge in [0.15, 0.2) is 0 Å². The van der Waals surface area contributed by atoms with Crippen LogP contribution in [0, 0.1) is 5.92 Å². The average Bonchev–Trinajstić information content (AvgIpc) is 2.46. The standard InChI is InChI=1S/C16H22O3/c1-5-13-6-10(2)7-15-14(9-13)16(17)19-12(4)8-11(3)18-15/h6-7,9,11-12,14H,5,8H2,1-4H3/t11-,12+,14-/m0/s1. The molecule has 1 aliphatic carbocycles. The molecule has 1 saturated heterocycles. The highest BCUT2D eigenvalue weighted by molar-refractivity contribution is 5.78. The van der Waals surface area contributed by atoms with Crippen LogP contribution in [0.4, 0.5) is 0 Å². The zero-order chi connectivity index (χ0) is 14.0. The van der Waals surface area contributed by atoms with Crippen LogP contribution in [0.3, 0.4) is 0 Å². The van der Waals surface area contributed by atoms with Gasteiger partial charge >= 0.3 is 5.97 Å². The van der Waals surface area contributed by atoms with Gasteiger partial charge in [-0.2, -0.15) is 0 Å². The number of carbonyl (C=O) groups is 1. The van der Waals surface area contributed by atoms with E-state index in [1.54, 1.807) is 0 Å². The van der Waals surface area contributed by atoms with E-state index in [-0.39, 0.29) is 18.2 Å². The Kier molecular flexibility index (Phi) is 4.13. The SMILES string of the molecule is CCC1=C[C@@H]2C(=O)O[C@H](C)C[C@H](C)OC2=CC(C)=C1. The van der Waals surface area contributed by atoms with E-state index in [9.17, 15) is 4.79 Å². The predicted molar refractivity (Wildman–Crippen MR) is 74.4 cm³/mol. The minimum absolute atomic E-state index is 0.0567.